The first-order valence-corrected chi connectivity index (χ1v) is 5.40. The molecule has 94 valence electrons. The molecule has 1 unspecified atom stereocenters. The molecule has 0 spiro atoms. The molecule has 1 nitrogen and oxygen atoms in total. The van der Waals surface area contributed by atoms with Crippen molar-refractivity contribution in [3.8, 4) is 0 Å². The van der Waals surface area contributed by atoms with Crippen LogP contribution in [0.2, 0.25) is 0 Å². The molecule has 0 heterocycles. The molecule has 1 aromatic rings. The smallest absolute Gasteiger partial charge is 0.327 e. The van der Waals surface area contributed by atoms with Gasteiger partial charge in [-0.25, -0.2) is 4.39 Å². The molecule has 0 bridgehead atoms. The van der Waals surface area contributed by atoms with Crippen molar-refractivity contribution in [2.24, 2.45) is 5.73 Å². The molecule has 0 aliphatic heterocycles. The quantitative estimate of drug-likeness (QED) is 0.798. The van der Waals surface area contributed by atoms with Crippen LogP contribution in [0.1, 0.15) is 30.9 Å². The van der Waals surface area contributed by atoms with Crippen molar-refractivity contribution in [2.75, 3.05) is 0 Å². The van der Waals surface area contributed by atoms with Gasteiger partial charge in [0.2, 0.25) is 0 Å². The fraction of sp³-hybridized carbons (Fsp3) is 0.500. The third-order valence-electron chi connectivity index (χ3n) is 3.49. The summed E-state index contributed by atoms with van der Waals surface area (Å²) in [5.74, 6) is -0.604. The molecular formula is C12H13F4N. The average Bonchev–Trinajstić information content (AvgIpc) is 2.97. The second kappa shape index (κ2) is 3.70. The lowest BCUT2D eigenvalue weighted by Crippen LogP contribution is -2.32. The van der Waals surface area contributed by atoms with Crippen molar-refractivity contribution in [3.63, 3.8) is 0 Å². The third kappa shape index (κ3) is 2.04. The van der Waals surface area contributed by atoms with Gasteiger partial charge in [0.15, 0.2) is 0 Å². The van der Waals surface area contributed by atoms with E-state index in [1.807, 2.05) is 0 Å². The predicted octanol–water partition coefficient (Wildman–Crippen LogP) is 3.22. The summed E-state index contributed by atoms with van der Waals surface area (Å²) in [6.07, 6.45) is -3.16. The predicted molar refractivity (Wildman–Crippen MR) is 56.0 cm³/mol. The van der Waals surface area contributed by atoms with Crippen LogP contribution in [0, 0.1) is 5.82 Å². The Morgan fingerprint density at radius 2 is 1.88 bits per heavy atom. The molecule has 1 atom stereocenters. The average molecular weight is 247 g/mol. The number of hydrogen-bond acceptors (Lipinski definition) is 1. The Morgan fingerprint density at radius 1 is 1.29 bits per heavy atom. The third-order valence-corrected chi connectivity index (χ3v) is 3.49. The standard InChI is InChI=1S/C12H13F4N/c1-7(17)11(4-5-11)9-6-8(12(14,15)16)2-3-10(9)13/h2-3,6-7H,4-5,17H2,1H3. The summed E-state index contributed by atoms with van der Waals surface area (Å²) in [6, 6.07) is 2.18. The van der Waals surface area contributed by atoms with Gasteiger partial charge < -0.3 is 5.73 Å². The Bertz CT molecular complexity index is 433. The van der Waals surface area contributed by atoms with Crippen LogP contribution in [0.3, 0.4) is 0 Å². The van der Waals surface area contributed by atoms with Gasteiger partial charge >= 0.3 is 6.18 Å². The highest BCUT2D eigenvalue weighted by Gasteiger charge is 2.49. The Morgan fingerprint density at radius 3 is 2.29 bits per heavy atom. The molecule has 1 aliphatic rings. The molecular weight excluding hydrogens is 234 g/mol. The lowest BCUT2D eigenvalue weighted by molar-refractivity contribution is -0.137. The number of alkyl halides is 3. The van der Waals surface area contributed by atoms with E-state index in [0.717, 1.165) is 18.2 Å². The summed E-state index contributed by atoms with van der Waals surface area (Å²) in [6.45, 7) is 1.70. The van der Waals surface area contributed by atoms with Gasteiger partial charge in [-0.3, -0.25) is 0 Å². The number of halogens is 4. The zero-order valence-electron chi connectivity index (χ0n) is 9.31. The first-order valence-electron chi connectivity index (χ1n) is 5.40. The lowest BCUT2D eigenvalue weighted by atomic mass is 9.88. The van der Waals surface area contributed by atoms with Crippen molar-refractivity contribution in [1.82, 2.24) is 0 Å². The molecule has 0 saturated heterocycles. The molecule has 2 N–H and O–H groups in total. The maximum atomic E-state index is 13.6. The lowest BCUT2D eigenvalue weighted by Gasteiger charge is -2.22. The molecule has 1 fully saturated rings. The van der Waals surface area contributed by atoms with Crippen LogP contribution in [0.15, 0.2) is 18.2 Å². The zero-order chi connectivity index (χ0) is 12.8. The Labute approximate surface area is 96.6 Å². The maximum absolute atomic E-state index is 13.6. The van der Waals surface area contributed by atoms with E-state index in [9.17, 15) is 17.6 Å². The van der Waals surface area contributed by atoms with Crippen LogP contribution in [0.4, 0.5) is 17.6 Å². The zero-order valence-corrected chi connectivity index (χ0v) is 9.31. The summed E-state index contributed by atoms with van der Waals surface area (Å²) in [4.78, 5) is 0. The number of nitrogens with two attached hydrogens (primary N) is 1. The minimum Gasteiger partial charge on any atom is -0.327 e. The highest BCUT2D eigenvalue weighted by atomic mass is 19.4. The normalized spacial score (nSPS) is 20.1. The topological polar surface area (TPSA) is 26.0 Å². The van der Waals surface area contributed by atoms with Crippen LogP contribution < -0.4 is 5.73 Å². The Balaban J connectivity index is 2.48. The molecule has 0 radical (unpaired) electrons. The Hall–Kier alpha value is -1.10. The van der Waals surface area contributed by atoms with Gasteiger partial charge in [-0.1, -0.05) is 0 Å². The second-order valence-electron chi connectivity index (χ2n) is 4.64. The van der Waals surface area contributed by atoms with Crippen molar-refractivity contribution in [3.05, 3.63) is 35.1 Å². The molecule has 1 aromatic carbocycles. The Kier molecular flexibility index (Phi) is 2.69. The van der Waals surface area contributed by atoms with Gasteiger partial charge in [0.05, 0.1) is 5.56 Å². The fourth-order valence-electron chi connectivity index (χ4n) is 2.19. The SMILES string of the molecule is CC(N)C1(c2cc(C(F)(F)F)ccc2F)CC1. The summed E-state index contributed by atoms with van der Waals surface area (Å²) in [5.41, 5.74) is 4.42. The molecule has 0 aromatic heterocycles. The van der Waals surface area contributed by atoms with Gasteiger partial charge in [0.25, 0.3) is 0 Å². The van der Waals surface area contributed by atoms with E-state index in [1.165, 1.54) is 0 Å². The van der Waals surface area contributed by atoms with E-state index in [2.05, 4.69) is 0 Å². The maximum Gasteiger partial charge on any atom is 0.416 e. The number of rotatable bonds is 2. The van der Waals surface area contributed by atoms with Gasteiger partial charge in [0, 0.05) is 11.5 Å². The highest BCUT2D eigenvalue weighted by Crippen LogP contribution is 2.51. The van der Waals surface area contributed by atoms with Gasteiger partial charge in [0.1, 0.15) is 5.82 Å². The molecule has 1 aliphatic carbocycles. The number of hydrogen-bond donors (Lipinski definition) is 1. The number of benzene rings is 1. The van der Waals surface area contributed by atoms with Crippen molar-refractivity contribution in [2.45, 2.75) is 37.4 Å². The van der Waals surface area contributed by atoms with Crippen molar-refractivity contribution in [1.29, 1.82) is 0 Å². The molecule has 1 saturated carbocycles. The van der Waals surface area contributed by atoms with E-state index in [1.54, 1.807) is 6.92 Å². The molecule has 0 amide bonds. The summed E-state index contributed by atoms with van der Waals surface area (Å²) in [5, 5.41) is 0. The first-order chi connectivity index (χ1) is 7.77. The molecule has 2 rings (SSSR count). The van der Waals surface area contributed by atoms with Crippen LogP contribution in [-0.4, -0.2) is 6.04 Å². The largest absolute Gasteiger partial charge is 0.416 e. The second-order valence-corrected chi connectivity index (χ2v) is 4.64. The van der Waals surface area contributed by atoms with Crippen LogP contribution in [0.25, 0.3) is 0 Å². The van der Waals surface area contributed by atoms with E-state index < -0.39 is 23.0 Å². The van der Waals surface area contributed by atoms with E-state index in [0.29, 0.717) is 12.8 Å². The summed E-state index contributed by atoms with van der Waals surface area (Å²) >= 11 is 0. The van der Waals surface area contributed by atoms with Crippen LogP contribution in [0.5, 0.6) is 0 Å². The van der Waals surface area contributed by atoms with Gasteiger partial charge in [-0.15, -0.1) is 0 Å². The minimum atomic E-state index is -4.45. The van der Waals surface area contributed by atoms with Crippen LogP contribution in [-0.2, 0) is 11.6 Å². The van der Waals surface area contributed by atoms with Crippen molar-refractivity contribution >= 4 is 0 Å². The highest BCUT2D eigenvalue weighted by molar-refractivity contribution is 5.38. The monoisotopic (exact) mass is 247 g/mol. The van der Waals surface area contributed by atoms with Crippen molar-refractivity contribution < 1.29 is 17.6 Å². The van der Waals surface area contributed by atoms with E-state index in [4.69, 9.17) is 5.73 Å². The van der Waals surface area contributed by atoms with Gasteiger partial charge in [-0.05, 0) is 43.5 Å². The summed E-state index contributed by atoms with van der Waals surface area (Å²) in [7, 11) is 0. The molecule has 17 heavy (non-hydrogen) atoms. The first kappa shape index (κ1) is 12.4. The fourth-order valence-corrected chi connectivity index (χ4v) is 2.19. The summed E-state index contributed by atoms with van der Waals surface area (Å²) < 4.78 is 51.3. The van der Waals surface area contributed by atoms with Gasteiger partial charge in [-0.2, -0.15) is 13.2 Å². The van der Waals surface area contributed by atoms with E-state index in [-0.39, 0.29) is 11.6 Å². The molecule has 5 heteroatoms. The minimum absolute atomic E-state index is 0.0994. The van der Waals surface area contributed by atoms with E-state index >= 15 is 0 Å². The van der Waals surface area contributed by atoms with Crippen LogP contribution >= 0.6 is 0 Å².